The Morgan fingerprint density at radius 3 is 2.40 bits per heavy atom. The number of benzene rings is 1. The first-order valence-electron chi connectivity index (χ1n) is 8.01. The van der Waals surface area contributed by atoms with Crippen molar-refractivity contribution in [3.05, 3.63) is 36.9 Å². The molecule has 0 amide bonds. The molecule has 0 N–H and O–H groups in total. The van der Waals surface area contributed by atoms with Crippen LogP contribution in [0, 0.1) is 0 Å². The van der Waals surface area contributed by atoms with E-state index in [-0.39, 0.29) is 17.1 Å². The SMILES string of the molecule is COc1cc(S(=O)(=O)N2C[C@@H](C)O[C@@H](C)C2)ccc1-c1cncnc1. The van der Waals surface area contributed by atoms with Crippen LogP contribution in [-0.4, -0.2) is 55.1 Å². The molecule has 8 heteroatoms. The molecule has 2 heterocycles. The zero-order valence-corrected chi connectivity index (χ0v) is 15.2. The summed E-state index contributed by atoms with van der Waals surface area (Å²) in [6.07, 6.45) is 4.48. The quantitative estimate of drug-likeness (QED) is 0.826. The van der Waals surface area contributed by atoms with Gasteiger partial charge in [0.2, 0.25) is 10.0 Å². The van der Waals surface area contributed by atoms with Crippen molar-refractivity contribution in [2.45, 2.75) is 31.0 Å². The van der Waals surface area contributed by atoms with Crippen LogP contribution in [0.25, 0.3) is 11.1 Å². The number of sulfonamides is 1. The van der Waals surface area contributed by atoms with E-state index < -0.39 is 10.0 Å². The molecule has 1 aliphatic rings. The van der Waals surface area contributed by atoms with Gasteiger partial charge in [0.25, 0.3) is 0 Å². The number of nitrogens with zero attached hydrogens (tertiary/aromatic N) is 3. The predicted molar refractivity (Wildman–Crippen MR) is 92.8 cm³/mol. The van der Waals surface area contributed by atoms with Crippen LogP contribution in [0.2, 0.25) is 0 Å². The van der Waals surface area contributed by atoms with Crippen molar-refractivity contribution in [1.82, 2.24) is 14.3 Å². The van der Waals surface area contributed by atoms with Crippen LogP contribution in [0.15, 0.2) is 41.8 Å². The fourth-order valence-electron chi connectivity index (χ4n) is 2.98. The van der Waals surface area contributed by atoms with Crippen molar-refractivity contribution in [3.63, 3.8) is 0 Å². The van der Waals surface area contributed by atoms with Crippen LogP contribution in [-0.2, 0) is 14.8 Å². The molecule has 0 unspecified atom stereocenters. The lowest BCUT2D eigenvalue weighted by Gasteiger charge is -2.34. The van der Waals surface area contributed by atoms with Crippen LogP contribution >= 0.6 is 0 Å². The van der Waals surface area contributed by atoms with Crippen molar-refractivity contribution in [1.29, 1.82) is 0 Å². The second kappa shape index (κ2) is 7.07. The zero-order chi connectivity index (χ0) is 18.0. The summed E-state index contributed by atoms with van der Waals surface area (Å²) < 4.78 is 38.5. The summed E-state index contributed by atoms with van der Waals surface area (Å²) in [5.41, 5.74) is 1.50. The Balaban J connectivity index is 1.97. The molecule has 134 valence electrons. The molecule has 7 nitrogen and oxygen atoms in total. The summed E-state index contributed by atoms with van der Waals surface area (Å²) in [6, 6.07) is 4.85. The minimum Gasteiger partial charge on any atom is -0.496 e. The zero-order valence-electron chi connectivity index (χ0n) is 14.4. The van der Waals surface area contributed by atoms with Gasteiger partial charge in [0, 0.05) is 42.7 Å². The average molecular weight is 363 g/mol. The van der Waals surface area contributed by atoms with Gasteiger partial charge in [-0.15, -0.1) is 0 Å². The highest BCUT2D eigenvalue weighted by Crippen LogP contribution is 2.32. The molecule has 0 bridgehead atoms. The van der Waals surface area contributed by atoms with Crippen molar-refractivity contribution >= 4 is 10.0 Å². The van der Waals surface area contributed by atoms with Crippen LogP contribution in [0.1, 0.15) is 13.8 Å². The molecule has 0 spiro atoms. The molecule has 0 radical (unpaired) electrons. The van der Waals surface area contributed by atoms with E-state index >= 15 is 0 Å². The van der Waals surface area contributed by atoms with E-state index in [9.17, 15) is 8.42 Å². The molecular formula is C17H21N3O4S. The largest absolute Gasteiger partial charge is 0.496 e. The van der Waals surface area contributed by atoms with Gasteiger partial charge < -0.3 is 9.47 Å². The number of aromatic nitrogens is 2. The van der Waals surface area contributed by atoms with Gasteiger partial charge in [-0.3, -0.25) is 0 Å². The first-order valence-corrected chi connectivity index (χ1v) is 9.45. The van der Waals surface area contributed by atoms with Gasteiger partial charge in [-0.1, -0.05) is 0 Å². The third-order valence-electron chi connectivity index (χ3n) is 4.07. The normalized spacial score (nSPS) is 21.9. The van der Waals surface area contributed by atoms with E-state index in [1.807, 2.05) is 13.8 Å². The van der Waals surface area contributed by atoms with E-state index in [4.69, 9.17) is 9.47 Å². The van der Waals surface area contributed by atoms with Crippen molar-refractivity contribution in [2.75, 3.05) is 20.2 Å². The molecule has 2 aromatic rings. The molecule has 3 rings (SSSR count). The van der Waals surface area contributed by atoms with E-state index in [0.29, 0.717) is 18.8 Å². The molecule has 0 saturated carbocycles. The van der Waals surface area contributed by atoms with Gasteiger partial charge in [0.05, 0.1) is 24.2 Å². The van der Waals surface area contributed by atoms with Gasteiger partial charge in [0.15, 0.2) is 0 Å². The Hall–Kier alpha value is -2.03. The maximum atomic E-state index is 13.0. The fourth-order valence-corrected chi connectivity index (χ4v) is 4.59. The van der Waals surface area contributed by atoms with Gasteiger partial charge in [-0.05, 0) is 26.0 Å². The van der Waals surface area contributed by atoms with Gasteiger partial charge >= 0.3 is 0 Å². The average Bonchev–Trinajstić information content (AvgIpc) is 2.61. The minimum absolute atomic E-state index is 0.138. The minimum atomic E-state index is -3.62. The highest BCUT2D eigenvalue weighted by atomic mass is 32.2. The smallest absolute Gasteiger partial charge is 0.243 e. The Morgan fingerprint density at radius 1 is 1.16 bits per heavy atom. The molecule has 1 aromatic carbocycles. The van der Waals surface area contributed by atoms with Crippen LogP contribution in [0.3, 0.4) is 0 Å². The number of hydrogen-bond donors (Lipinski definition) is 0. The summed E-state index contributed by atoms with van der Waals surface area (Å²) in [5, 5.41) is 0. The van der Waals surface area contributed by atoms with Gasteiger partial charge in [-0.25, -0.2) is 18.4 Å². The summed E-state index contributed by atoms with van der Waals surface area (Å²) in [4.78, 5) is 8.18. The van der Waals surface area contributed by atoms with Gasteiger partial charge in [-0.2, -0.15) is 4.31 Å². The number of methoxy groups -OCH3 is 1. The standard InChI is InChI=1S/C17H21N3O4S/c1-12-9-20(10-13(2)24-12)25(21,22)15-4-5-16(17(6-15)23-3)14-7-18-11-19-8-14/h4-8,11-13H,9-10H2,1-3H3/t12-,13+. The van der Waals surface area contributed by atoms with Crippen LogP contribution in [0.4, 0.5) is 0 Å². The highest BCUT2D eigenvalue weighted by molar-refractivity contribution is 7.89. The van der Waals surface area contributed by atoms with E-state index in [1.54, 1.807) is 30.6 Å². The molecule has 25 heavy (non-hydrogen) atoms. The van der Waals surface area contributed by atoms with Crippen molar-refractivity contribution in [3.8, 4) is 16.9 Å². The third kappa shape index (κ3) is 3.65. The Kier molecular flexibility index (Phi) is 5.03. The molecular weight excluding hydrogens is 342 g/mol. The monoisotopic (exact) mass is 363 g/mol. The Labute approximate surface area is 147 Å². The lowest BCUT2D eigenvalue weighted by Crippen LogP contribution is -2.48. The van der Waals surface area contributed by atoms with Crippen molar-refractivity contribution in [2.24, 2.45) is 0 Å². The molecule has 1 aromatic heterocycles. The van der Waals surface area contributed by atoms with E-state index in [0.717, 1.165) is 11.1 Å². The second-order valence-electron chi connectivity index (χ2n) is 6.07. The summed E-state index contributed by atoms with van der Waals surface area (Å²) in [7, 11) is -2.11. The first-order chi connectivity index (χ1) is 11.9. The molecule has 0 aliphatic carbocycles. The maximum absolute atomic E-state index is 13.0. The summed E-state index contributed by atoms with van der Waals surface area (Å²) in [5.74, 6) is 0.463. The highest BCUT2D eigenvalue weighted by Gasteiger charge is 2.32. The number of ether oxygens (including phenoxy) is 2. The molecule has 1 saturated heterocycles. The van der Waals surface area contributed by atoms with E-state index in [2.05, 4.69) is 9.97 Å². The Bertz CT molecular complexity index is 832. The number of hydrogen-bond acceptors (Lipinski definition) is 6. The molecule has 1 fully saturated rings. The molecule has 2 atom stereocenters. The number of morpholine rings is 1. The topological polar surface area (TPSA) is 81.6 Å². The Morgan fingerprint density at radius 2 is 1.80 bits per heavy atom. The van der Waals surface area contributed by atoms with E-state index in [1.165, 1.54) is 17.7 Å². The van der Waals surface area contributed by atoms with Gasteiger partial charge in [0.1, 0.15) is 12.1 Å². The predicted octanol–water partition coefficient (Wildman–Crippen LogP) is 1.95. The maximum Gasteiger partial charge on any atom is 0.243 e. The summed E-state index contributed by atoms with van der Waals surface area (Å²) >= 11 is 0. The summed E-state index contributed by atoms with van der Waals surface area (Å²) in [6.45, 7) is 4.42. The first kappa shape index (κ1) is 17.8. The third-order valence-corrected chi connectivity index (χ3v) is 5.90. The fraction of sp³-hybridized carbons (Fsp3) is 0.412. The molecule has 1 aliphatic heterocycles. The van der Waals surface area contributed by atoms with Crippen LogP contribution < -0.4 is 4.74 Å². The van der Waals surface area contributed by atoms with Crippen molar-refractivity contribution < 1.29 is 17.9 Å². The van der Waals surface area contributed by atoms with Crippen LogP contribution in [0.5, 0.6) is 5.75 Å². The number of rotatable bonds is 4. The lowest BCUT2D eigenvalue weighted by molar-refractivity contribution is -0.0440. The lowest BCUT2D eigenvalue weighted by atomic mass is 10.1. The second-order valence-corrected chi connectivity index (χ2v) is 8.01.